The summed E-state index contributed by atoms with van der Waals surface area (Å²) in [7, 11) is 0. The maximum Gasteiger partial charge on any atom is 0.341 e. The van der Waals surface area contributed by atoms with Gasteiger partial charge in [-0.05, 0) is 36.4 Å². The smallest absolute Gasteiger partial charge is 0.341 e. The van der Waals surface area contributed by atoms with Crippen LogP contribution in [0.2, 0.25) is 15.1 Å². The maximum atomic E-state index is 11.9. The van der Waals surface area contributed by atoms with Gasteiger partial charge in [0, 0.05) is 5.02 Å². The Morgan fingerprint density at radius 3 is 2.24 bits per heavy atom. The van der Waals surface area contributed by atoms with Gasteiger partial charge in [-0.3, -0.25) is 4.79 Å². The minimum atomic E-state index is -0.761. The van der Waals surface area contributed by atoms with Crippen LogP contribution in [0.25, 0.3) is 0 Å². The van der Waals surface area contributed by atoms with Crippen LogP contribution in [0, 0.1) is 0 Å². The van der Waals surface area contributed by atoms with Crippen LogP contribution in [0.3, 0.4) is 0 Å². The van der Waals surface area contributed by atoms with Crippen molar-refractivity contribution in [3.8, 4) is 5.75 Å². The first-order valence-corrected chi connectivity index (χ1v) is 8.37. The van der Waals surface area contributed by atoms with Gasteiger partial charge >= 0.3 is 5.97 Å². The lowest BCUT2D eigenvalue weighted by molar-refractivity contribution is -0.124. The molecule has 5 nitrogen and oxygen atoms in total. The zero-order valence-electron chi connectivity index (χ0n) is 12.9. The van der Waals surface area contributed by atoms with Crippen molar-refractivity contribution in [1.29, 1.82) is 0 Å². The van der Waals surface area contributed by atoms with E-state index in [0.717, 1.165) is 0 Å². The summed E-state index contributed by atoms with van der Waals surface area (Å²) in [4.78, 5) is 23.6. The molecule has 0 fully saturated rings. The van der Waals surface area contributed by atoms with Crippen LogP contribution in [-0.2, 0) is 9.53 Å². The maximum absolute atomic E-state index is 11.9. The standard InChI is InChI=1S/C17H14Cl3NO4/c18-11-4-6-12(7-5-11)24-9-8-21-15(22)10-25-17(23)16-13(19)2-1-3-14(16)20/h1-7H,8-10H2,(H,21,22). The van der Waals surface area contributed by atoms with E-state index in [4.69, 9.17) is 44.3 Å². The zero-order valence-corrected chi connectivity index (χ0v) is 15.2. The number of carbonyl (C=O) groups is 2. The van der Waals surface area contributed by atoms with Gasteiger partial charge < -0.3 is 14.8 Å². The highest BCUT2D eigenvalue weighted by Crippen LogP contribution is 2.24. The highest BCUT2D eigenvalue weighted by atomic mass is 35.5. The van der Waals surface area contributed by atoms with Gasteiger partial charge in [0.25, 0.3) is 5.91 Å². The van der Waals surface area contributed by atoms with E-state index in [-0.39, 0.29) is 28.8 Å². The van der Waals surface area contributed by atoms with Gasteiger partial charge in [0.05, 0.1) is 22.2 Å². The number of halogens is 3. The van der Waals surface area contributed by atoms with Crippen molar-refractivity contribution in [3.05, 3.63) is 63.1 Å². The predicted octanol–water partition coefficient (Wildman–Crippen LogP) is 4.00. The Hall–Kier alpha value is -1.95. The molecule has 0 atom stereocenters. The molecule has 132 valence electrons. The molecule has 0 heterocycles. The van der Waals surface area contributed by atoms with E-state index in [1.165, 1.54) is 12.1 Å². The third kappa shape index (κ3) is 6.12. The van der Waals surface area contributed by atoms with Crippen LogP contribution < -0.4 is 10.1 Å². The number of hydrogen-bond acceptors (Lipinski definition) is 4. The van der Waals surface area contributed by atoms with E-state index in [2.05, 4.69) is 5.32 Å². The second-order valence-corrected chi connectivity index (χ2v) is 6.08. The monoisotopic (exact) mass is 401 g/mol. The van der Waals surface area contributed by atoms with Crippen molar-refractivity contribution in [2.45, 2.75) is 0 Å². The first kappa shape index (κ1) is 19.4. The Balaban J connectivity index is 1.70. The zero-order chi connectivity index (χ0) is 18.2. The van der Waals surface area contributed by atoms with Crippen molar-refractivity contribution in [2.75, 3.05) is 19.8 Å². The molecular weight excluding hydrogens is 389 g/mol. The lowest BCUT2D eigenvalue weighted by Crippen LogP contribution is -2.32. The van der Waals surface area contributed by atoms with Crippen LogP contribution in [-0.4, -0.2) is 31.6 Å². The Morgan fingerprint density at radius 2 is 1.60 bits per heavy atom. The van der Waals surface area contributed by atoms with Gasteiger partial charge in [0.1, 0.15) is 12.4 Å². The van der Waals surface area contributed by atoms with E-state index in [1.54, 1.807) is 30.3 Å². The largest absolute Gasteiger partial charge is 0.492 e. The van der Waals surface area contributed by atoms with Gasteiger partial charge in [0.2, 0.25) is 0 Å². The Bertz CT molecular complexity index is 730. The highest BCUT2D eigenvalue weighted by molar-refractivity contribution is 6.39. The molecule has 1 amide bonds. The summed E-state index contributed by atoms with van der Waals surface area (Å²) in [5, 5.41) is 3.50. The van der Waals surface area contributed by atoms with Gasteiger partial charge in [-0.15, -0.1) is 0 Å². The van der Waals surface area contributed by atoms with Crippen molar-refractivity contribution in [2.24, 2.45) is 0 Å². The minimum absolute atomic E-state index is 0.0321. The molecule has 0 aromatic heterocycles. The van der Waals surface area contributed by atoms with E-state index in [0.29, 0.717) is 10.8 Å². The van der Waals surface area contributed by atoms with Crippen LogP contribution in [0.15, 0.2) is 42.5 Å². The average Bonchev–Trinajstić information content (AvgIpc) is 2.58. The molecule has 0 spiro atoms. The molecule has 0 radical (unpaired) electrons. The second-order valence-electron chi connectivity index (χ2n) is 4.83. The van der Waals surface area contributed by atoms with Gasteiger partial charge in [-0.1, -0.05) is 40.9 Å². The lowest BCUT2D eigenvalue weighted by Gasteiger charge is -2.09. The summed E-state index contributed by atoms with van der Waals surface area (Å²) in [6.07, 6.45) is 0. The summed E-state index contributed by atoms with van der Waals surface area (Å²) < 4.78 is 10.3. The predicted molar refractivity (Wildman–Crippen MR) is 96.7 cm³/mol. The number of benzene rings is 2. The molecule has 8 heteroatoms. The molecule has 2 aromatic rings. The van der Waals surface area contributed by atoms with E-state index in [1.807, 2.05) is 0 Å². The first-order valence-electron chi connectivity index (χ1n) is 7.23. The second kappa shape index (κ2) is 9.51. The Labute approximate surface area is 159 Å². The molecule has 0 aliphatic carbocycles. The topological polar surface area (TPSA) is 64.6 Å². The van der Waals surface area contributed by atoms with Crippen LogP contribution in [0.1, 0.15) is 10.4 Å². The molecule has 0 unspecified atom stereocenters. The normalized spacial score (nSPS) is 10.2. The molecule has 0 saturated carbocycles. The molecule has 0 aliphatic rings. The molecule has 2 aromatic carbocycles. The van der Waals surface area contributed by atoms with Gasteiger partial charge in [0.15, 0.2) is 6.61 Å². The molecule has 25 heavy (non-hydrogen) atoms. The molecule has 1 N–H and O–H groups in total. The fourth-order valence-electron chi connectivity index (χ4n) is 1.84. The van der Waals surface area contributed by atoms with Crippen LogP contribution >= 0.6 is 34.8 Å². The summed E-state index contributed by atoms with van der Waals surface area (Å²) >= 11 is 17.6. The third-order valence-electron chi connectivity index (χ3n) is 3.01. The quantitative estimate of drug-likeness (QED) is 0.561. The molecular formula is C17H14Cl3NO4. The molecule has 0 saturated heterocycles. The highest BCUT2D eigenvalue weighted by Gasteiger charge is 2.17. The number of amides is 1. The third-order valence-corrected chi connectivity index (χ3v) is 3.89. The molecule has 0 bridgehead atoms. The summed E-state index contributed by atoms with van der Waals surface area (Å²) in [5.74, 6) is -0.585. The van der Waals surface area contributed by atoms with Gasteiger partial charge in [-0.25, -0.2) is 4.79 Å². The number of hydrogen-bond donors (Lipinski definition) is 1. The minimum Gasteiger partial charge on any atom is -0.492 e. The Kier molecular flexibility index (Phi) is 7.37. The van der Waals surface area contributed by atoms with Crippen molar-refractivity contribution in [3.63, 3.8) is 0 Å². The number of nitrogens with one attached hydrogen (secondary N) is 1. The summed E-state index contributed by atoms with van der Waals surface area (Å²) in [6, 6.07) is 11.5. The van der Waals surface area contributed by atoms with E-state index in [9.17, 15) is 9.59 Å². The van der Waals surface area contributed by atoms with Crippen molar-refractivity contribution >= 4 is 46.7 Å². The lowest BCUT2D eigenvalue weighted by atomic mass is 10.2. The van der Waals surface area contributed by atoms with Gasteiger partial charge in [-0.2, -0.15) is 0 Å². The molecule has 2 rings (SSSR count). The van der Waals surface area contributed by atoms with Crippen molar-refractivity contribution in [1.82, 2.24) is 5.32 Å². The fourth-order valence-corrected chi connectivity index (χ4v) is 2.52. The van der Waals surface area contributed by atoms with Crippen LogP contribution in [0.4, 0.5) is 0 Å². The number of carbonyl (C=O) groups excluding carboxylic acids is 2. The van der Waals surface area contributed by atoms with Crippen molar-refractivity contribution < 1.29 is 19.1 Å². The SMILES string of the molecule is O=C(COC(=O)c1c(Cl)cccc1Cl)NCCOc1ccc(Cl)cc1. The molecule has 0 aliphatic heterocycles. The number of rotatable bonds is 7. The van der Waals surface area contributed by atoms with E-state index < -0.39 is 18.5 Å². The number of esters is 1. The van der Waals surface area contributed by atoms with E-state index >= 15 is 0 Å². The fraction of sp³-hybridized carbons (Fsp3) is 0.176. The summed E-state index contributed by atoms with van der Waals surface area (Å²) in [5.41, 5.74) is 0.0321. The Morgan fingerprint density at radius 1 is 0.960 bits per heavy atom. The van der Waals surface area contributed by atoms with Crippen LogP contribution in [0.5, 0.6) is 5.75 Å². The average molecular weight is 403 g/mol. The number of ether oxygens (including phenoxy) is 2. The summed E-state index contributed by atoms with van der Waals surface area (Å²) in [6.45, 7) is 0.0743. The first-order chi connectivity index (χ1) is 12.0.